The van der Waals surface area contributed by atoms with E-state index >= 15 is 0 Å². The van der Waals surface area contributed by atoms with Gasteiger partial charge in [0.15, 0.2) is 0 Å². The summed E-state index contributed by atoms with van der Waals surface area (Å²) in [5.41, 5.74) is 0.473. The number of amides is 1. The number of nitrogens with one attached hydrogen (secondary N) is 1. The van der Waals surface area contributed by atoms with E-state index in [0.717, 1.165) is 6.07 Å². The first kappa shape index (κ1) is 11.7. The monoisotopic (exact) mass is 242 g/mol. The average molecular weight is 242 g/mol. The predicted octanol–water partition coefficient (Wildman–Crippen LogP) is 1.74. The van der Waals surface area contributed by atoms with Crippen molar-refractivity contribution < 1.29 is 9.18 Å². The van der Waals surface area contributed by atoms with Crippen LogP contribution >= 0.6 is 0 Å². The van der Waals surface area contributed by atoms with Gasteiger partial charge in [-0.1, -0.05) is 0 Å². The molecule has 0 aliphatic rings. The van der Waals surface area contributed by atoms with Gasteiger partial charge in [0.05, 0.1) is 35.3 Å². The highest BCUT2D eigenvalue weighted by Crippen LogP contribution is 2.16. The number of rotatable bonds is 2. The molecule has 1 heterocycles. The molecular formula is C12H7FN4O. The summed E-state index contributed by atoms with van der Waals surface area (Å²) in [4.78, 5) is 11.7. The third kappa shape index (κ3) is 2.47. The van der Waals surface area contributed by atoms with Gasteiger partial charge in [0.1, 0.15) is 5.82 Å². The Labute approximate surface area is 102 Å². The molecule has 0 saturated heterocycles. The second kappa shape index (κ2) is 5.01. The Hall–Kier alpha value is -2.81. The number of nitrogens with zero attached hydrogens (tertiary/aromatic N) is 3. The molecule has 2 rings (SSSR count). The van der Waals surface area contributed by atoms with E-state index in [1.54, 1.807) is 0 Å². The molecule has 2 aromatic rings. The van der Waals surface area contributed by atoms with Crippen molar-refractivity contribution >= 4 is 11.6 Å². The minimum Gasteiger partial charge on any atom is -0.319 e. The standard InChI is InChI=1S/C12H7FN4O/c13-10-5-8(6-14)1-2-11(10)17-12(18)9-3-4-15-16-7-9/h1-5,7H,(H,17,18). The van der Waals surface area contributed by atoms with E-state index in [4.69, 9.17) is 5.26 Å². The third-order valence-corrected chi connectivity index (χ3v) is 2.19. The Bertz CT molecular complexity index is 622. The van der Waals surface area contributed by atoms with Crippen molar-refractivity contribution in [3.63, 3.8) is 0 Å². The van der Waals surface area contributed by atoms with Crippen molar-refractivity contribution in [2.45, 2.75) is 0 Å². The number of anilines is 1. The molecule has 0 aliphatic carbocycles. The molecule has 1 aromatic carbocycles. The quantitative estimate of drug-likeness (QED) is 0.869. The Morgan fingerprint density at radius 1 is 1.33 bits per heavy atom. The minimum atomic E-state index is -0.663. The number of aromatic nitrogens is 2. The Kier molecular flexibility index (Phi) is 3.25. The van der Waals surface area contributed by atoms with Crippen molar-refractivity contribution in [2.75, 3.05) is 5.32 Å². The lowest BCUT2D eigenvalue weighted by Gasteiger charge is -2.05. The van der Waals surface area contributed by atoms with Crippen LogP contribution in [0.3, 0.4) is 0 Å². The molecule has 0 unspecified atom stereocenters. The first-order chi connectivity index (χ1) is 8.70. The van der Waals surface area contributed by atoms with Crippen LogP contribution in [0, 0.1) is 17.1 Å². The van der Waals surface area contributed by atoms with Gasteiger partial charge in [-0.05, 0) is 24.3 Å². The van der Waals surface area contributed by atoms with Crippen molar-refractivity contribution in [3.05, 3.63) is 53.6 Å². The number of carbonyl (C=O) groups is 1. The lowest BCUT2D eigenvalue weighted by atomic mass is 10.2. The Morgan fingerprint density at radius 2 is 2.17 bits per heavy atom. The van der Waals surface area contributed by atoms with Gasteiger partial charge in [0.2, 0.25) is 0 Å². The van der Waals surface area contributed by atoms with Gasteiger partial charge >= 0.3 is 0 Å². The van der Waals surface area contributed by atoms with Crippen LogP contribution in [0.4, 0.5) is 10.1 Å². The van der Waals surface area contributed by atoms with Crippen LogP contribution in [0.25, 0.3) is 0 Å². The molecule has 88 valence electrons. The van der Waals surface area contributed by atoms with Gasteiger partial charge in [-0.15, -0.1) is 0 Å². The molecular weight excluding hydrogens is 235 g/mol. The molecule has 1 amide bonds. The van der Waals surface area contributed by atoms with Crippen LogP contribution in [-0.2, 0) is 0 Å². The molecule has 0 atom stereocenters. The fourth-order valence-corrected chi connectivity index (χ4v) is 1.31. The van der Waals surface area contributed by atoms with E-state index in [9.17, 15) is 9.18 Å². The van der Waals surface area contributed by atoms with Crippen LogP contribution in [0.1, 0.15) is 15.9 Å². The summed E-state index contributed by atoms with van der Waals surface area (Å²) in [5, 5.41) is 18.1. The van der Waals surface area contributed by atoms with Gasteiger partial charge in [-0.3, -0.25) is 4.79 Å². The van der Waals surface area contributed by atoms with E-state index in [-0.39, 0.29) is 16.8 Å². The van der Waals surface area contributed by atoms with Crippen LogP contribution < -0.4 is 5.32 Å². The summed E-state index contributed by atoms with van der Waals surface area (Å²) < 4.78 is 13.5. The van der Waals surface area contributed by atoms with Gasteiger partial charge in [0, 0.05) is 0 Å². The molecule has 1 N–H and O–H groups in total. The summed E-state index contributed by atoms with van der Waals surface area (Å²) in [6, 6.07) is 7.08. The first-order valence-corrected chi connectivity index (χ1v) is 4.98. The SMILES string of the molecule is N#Cc1ccc(NC(=O)c2ccnnc2)c(F)c1. The normalized spacial score (nSPS) is 9.56. The maximum Gasteiger partial charge on any atom is 0.257 e. The molecule has 0 radical (unpaired) electrons. The molecule has 18 heavy (non-hydrogen) atoms. The molecule has 1 aromatic heterocycles. The Morgan fingerprint density at radius 3 is 2.78 bits per heavy atom. The fourth-order valence-electron chi connectivity index (χ4n) is 1.31. The molecule has 0 spiro atoms. The van der Waals surface area contributed by atoms with Crippen LogP contribution in [0.15, 0.2) is 36.7 Å². The summed E-state index contributed by atoms with van der Waals surface area (Å²) in [5.74, 6) is -1.15. The molecule has 0 aliphatic heterocycles. The lowest BCUT2D eigenvalue weighted by Crippen LogP contribution is -2.13. The number of nitriles is 1. The second-order valence-electron chi connectivity index (χ2n) is 3.39. The second-order valence-corrected chi connectivity index (χ2v) is 3.39. The molecule has 5 nitrogen and oxygen atoms in total. The number of hydrogen-bond donors (Lipinski definition) is 1. The lowest BCUT2D eigenvalue weighted by molar-refractivity contribution is 0.102. The van der Waals surface area contributed by atoms with Crippen molar-refractivity contribution in [1.82, 2.24) is 10.2 Å². The maximum absolute atomic E-state index is 13.5. The van der Waals surface area contributed by atoms with Crippen LogP contribution in [0.5, 0.6) is 0 Å². The maximum atomic E-state index is 13.5. The summed E-state index contributed by atoms with van der Waals surface area (Å²) in [6.45, 7) is 0. The van der Waals surface area contributed by atoms with E-state index < -0.39 is 11.7 Å². The smallest absolute Gasteiger partial charge is 0.257 e. The van der Waals surface area contributed by atoms with Crippen molar-refractivity contribution in [1.29, 1.82) is 5.26 Å². The van der Waals surface area contributed by atoms with E-state index in [1.807, 2.05) is 6.07 Å². The van der Waals surface area contributed by atoms with Crippen molar-refractivity contribution in [3.8, 4) is 6.07 Å². The van der Waals surface area contributed by atoms with Crippen LogP contribution in [0.2, 0.25) is 0 Å². The molecule has 6 heteroatoms. The van der Waals surface area contributed by atoms with Crippen molar-refractivity contribution in [2.24, 2.45) is 0 Å². The third-order valence-electron chi connectivity index (χ3n) is 2.19. The number of benzene rings is 1. The first-order valence-electron chi connectivity index (χ1n) is 4.98. The topological polar surface area (TPSA) is 78.7 Å². The molecule has 0 bridgehead atoms. The predicted molar refractivity (Wildman–Crippen MR) is 61.1 cm³/mol. The summed E-state index contributed by atoms with van der Waals surface area (Å²) in [7, 11) is 0. The number of halogens is 1. The van der Waals surface area contributed by atoms with E-state index in [0.29, 0.717) is 0 Å². The summed E-state index contributed by atoms with van der Waals surface area (Å²) in [6.07, 6.45) is 2.64. The van der Waals surface area contributed by atoms with E-state index in [1.165, 1.54) is 30.6 Å². The summed E-state index contributed by atoms with van der Waals surface area (Å²) >= 11 is 0. The fraction of sp³-hybridized carbons (Fsp3) is 0. The zero-order valence-corrected chi connectivity index (χ0v) is 9.09. The average Bonchev–Trinajstić information content (AvgIpc) is 2.42. The Balaban J connectivity index is 2.20. The number of carbonyl (C=O) groups excluding carboxylic acids is 1. The molecule has 0 fully saturated rings. The van der Waals surface area contributed by atoms with Gasteiger partial charge in [-0.2, -0.15) is 15.5 Å². The van der Waals surface area contributed by atoms with E-state index in [2.05, 4.69) is 15.5 Å². The molecule has 0 saturated carbocycles. The highest BCUT2D eigenvalue weighted by molar-refractivity contribution is 6.04. The van der Waals surface area contributed by atoms with Crippen LogP contribution in [-0.4, -0.2) is 16.1 Å². The van der Waals surface area contributed by atoms with Gasteiger partial charge < -0.3 is 5.32 Å². The largest absolute Gasteiger partial charge is 0.319 e. The van der Waals surface area contributed by atoms with Gasteiger partial charge in [-0.25, -0.2) is 4.39 Å². The highest BCUT2D eigenvalue weighted by Gasteiger charge is 2.09. The minimum absolute atomic E-state index is 0.0100. The number of hydrogen-bond acceptors (Lipinski definition) is 4. The zero-order chi connectivity index (χ0) is 13.0. The zero-order valence-electron chi connectivity index (χ0n) is 9.09. The van der Waals surface area contributed by atoms with Gasteiger partial charge in [0.25, 0.3) is 5.91 Å². The highest BCUT2D eigenvalue weighted by atomic mass is 19.1.